The van der Waals surface area contributed by atoms with Gasteiger partial charge in [0.05, 0.1) is 0 Å². The van der Waals surface area contributed by atoms with Crippen LogP contribution in [-0.2, 0) is 0 Å². The van der Waals surface area contributed by atoms with Crippen LogP contribution in [0.5, 0.6) is 0 Å². The van der Waals surface area contributed by atoms with Crippen LogP contribution >= 0.6 is 0 Å². The first-order valence-corrected chi connectivity index (χ1v) is 5.55. The summed E-state index contributed by atoms with van der Waals surface area (Å²) in [6.07, 6.45) is 0. The summed E-state index contributed by atoms with van der Waals surface area (Å²) in [4.78, 5) is 1.41. The second-order valence-electron chi connectivity index (χ2n) is 4.07. The number of nitrogens with two attached hydrogens (primary N) is 1. The molecule has 0 fully saturated rings. The molecule has 2 rings (SSSR count). The van der Waals surface area contributed by atoms with Crippen molar-refractivity contribution in [3.63, 3.8) is 0 Å². The van der Waals surface area contributed by atoms with E-state index in [9.17, 15) is 0 Å². The molecule has 0 spiro atoms. The van der Waals surface area contributed by atoms with Crippen LogP contribution < -0.4 is 5.84 Å². The quantitative estimate of drug-likeness (QED) is 0.361. The van der Waals surface area contributed by atoms with Crippen LogP contribution in [0.2, 0.25) is 0 Å². The van der Waals surface area contributed by atoms with Crippen LogP contribution in [-0.4, -0.2) is 4.81 Å². The van der Waals surface area contributed by atoms with Crippen molar-refractivity contribution < 1.29 is 4.81 Å². The number of hydrazine groups is 1. The molecule has 17 heavy (non-hydrogen) atoms. The zero-order chi connectivity index (χ0) is 12.3. The highest BCUT2D eigenvalue weighted by atomic mass is 15.5. The van der Waals surface area contributed by atoms with E-state index in [1.165, 1.54) is 4.81 Å². The van der Waals surface area contributed by atoms with Crippen LogP contribution in [0.3, 0.4) is 0 Å². The molecule has 0 amide bonds. The van der Waals surface area contributed by atoms with E-state index in [0.717, 1.165) is 22.5 Å². The molecule has 3 nitrogen and oxygen atoms in total. The lowest BCUT2D eigenvalue weighted by Crippen LogP contribution is -2.10. The Labute approximate surface area is 101 Å². The fraction of sp³-hybridized carbons (Fsp3) is 0.143. The van der Waals surface area contributed by atoms with Crippen molar-refractivity contribution >= 4 is 11.4 Å². The summed E-state index contributed by atoms with van der Waals surface area (Å²) in [5.74, 6) is 5.93. The molecule has 0 aliphatic rings. The minimum Gasteiger partial charge on any atom is -0.180 e. The minimum atomic E-state index is 0.883. The second-order valence-corrected chi connectivity index (χ2v) is 4.07. The Balaban J connectivity index is 2.38. The van der Waals surface area contributed by atoms with Gasteiger partial charge in [0.15, 0.2) is 0 Å². The average molecular weight is 226 g/mol. The summed E-state index contributed by atoms with van der Waals surface area (Å²) in [5, 5.41) is 4.38. The first kappa shape index (κ1) is 11.3. The van der Waals surface area contributed by atoms with Gasteiger partial charge in [-0.3, -0.25) is 0 Å². The predicted octanol–water partition coefficient (Wildman–Crippen LogP) is 3.61. The van der Waals surface area contributed by atoms with Gasteiger partial charge in [0.1, 0.15) is 5.69 Å². The van der Waals surface area contributed by atoms with Crippen molar-refractivity contribution in [3.05, 3.63) is 59.7 Å². The molecule has 3 heteroatoms. The molecule has 0 aliphatic carbocycles. The molecule has 0 heterocycles. The number of azo groups is 1. The van der Waals surface area contributed by atoms with E-state index in [1.807, 2.05) is 62.4 Å². The molecule has 0 bridgehead atoms. The monoisotopic (exact) mass is 226 g/mol. The van der Waals surface area contributed by atoms with E-state index in [4.69, 9.17) is 5.84 Å². The summed E-state index contributed by atoms with van der Waals surface area (Å²) in [7, 11) is 0. The highest BCUT2D eigenvalue weighted by Crippen LogP contribution is 2.20. The Morgan fingerprint density at radius 2 is 1.76 bits per heavy atom. The molecule has 2 N–H and O–H groups in total. The standard InChI is InChI=1S/C14H16N3/c1-11-6-5-8-13(10-11)17(15)16-14-9-4-3-7-12(14)2/h3-10H,1-2H3,(H2,15,16)/q+1. The van der Waals surface area contributed by atoms with Gasteiger partial charge >= 0.3 is 0 Å². The molecular weight excluding hydrogens is 210 g/mol. The van der Waals surface area contributed by atoms with Gasteiger partial charge in [-0.2, -0.15) is 5.84 Å². The molecule has 0 unspecified atom stereocenters. The van der Waals surface area contributed by atoms with E-state index in [0.29, 0.717) is 0 Å². The van der Waals surface area contributed by atoms with Gasteiger partial charge in [-0.1, -0.05) is 30.3 Å². The Hall–Kier alpha value is -2.16. The van der Waals surface area contributed by atoms with Crippen molar-refractivity contribution in [3.8, 4) is 0 Å². The van der Waals surface area contributed by atoms with Gasteiger partial charge in [-0.15, -0.1) is 0 Å². The number of aryl methyl sites for hydroxylation is 2. The zero-order valence-corrected chi connectivity index (χ0v) is 10.1. The zero-order valence-electron chi connectivity index (χ0n) is 10.1. The second kappa shape index (κ2) is 4.78. The lowest BCUT2D eigenvalue weighted by Gasteiger charge is -1.97. The molecule has 0 aliphatic heterocycles. The maximum Gasteiger partial charge on any atom is 0.265 e. The van der Waals surface area contributed by atoms with Crippen molar-refractivity contribution in [2.75, 3.05) is 0 Å². The number of hydrogen-bond donors (Lipinski definition) is 1. The highest BCUT2D eigenvalue weighted by Gasteiger charge is 2.08. The van der Waals surface area contributed by atoms with E-state index in [-0.39, 0.29) is 0 Å². The smallest absolute Gasteiger partial charge is 0.180 e. The summed E-state index contributed by atoms with van der Waals surface area (Å²) in [6, 6.07) is 15.9. The van der Waals surface area contributed by atoms with E-state index in [1.54, 1.807) is 0 Å². The first-order chi connectivity index (χ1) is 8.16. The van der Waals surface area contributed by atoms with Gasteiger partial charge in [0.2, 0.25) is 0 Å². The van der Waals surface area contributed by atoms with Gasteiger partial charge in [-0.25, -0.2) is 0 Å². The summed E-state index contributed by atoms with van der Waals surface area (Å²) < 4.78 is 0. The SMILES string of the molecule is Cc1cccc([N+](N)=Nc2ccccc2C)c1. The third-order valence-corrected chi connectivity index (χ3v) is 2.60. The lowest BCUT2D eigenvalue weighted by molar-refractivity contribution is -0.520. The Kier molecular flexibility index (Phi) is 3.19. The highest BCUT2D eigenvalue weighted by molar-refractivity contribution is 5.43. The topological polar surface area (TPSA) is 41.4 Å². The van der Waals surface area contributed by atoms with Gasteiger partial charge in [0.25, 0.3) is 5.69 Å². The molecule has 0 saturated heterocycles. The van der Waals surface area contributed by atoms with Gasteiger partial charge in [-0.05, 0) is 31.0 Å². The van der Waals surface area contributed by atoms with Gasteiger partial charge in [0, 0.05) is 22.1 Å². The summed E-state index contributed by atoms with van der Waals surface area (Å²) in [6.45, 7) is 4.05. The molecule has 0 saturated carbocycles. The van der Waals surface area contributed by atoms with E-state index < -0.39 is 0 Å². The van der Waals surface area contributed by atoms with Crippen molar-refractivity contribution in [2.24, 2.45) is 11.0 Å². The molecule has 86 valence electrons. The Bertz CT molecular complexity index is 559. The molecule has 0 atom stereocenters. The van der Waals surface area contributed by atoms with E-state index in [2.05, 4.69) is 5.11 Å². The van der Waals surface area contributed by atoms with Crippen LogP contribution in [0.15, 0.2) is 53.6 Å². The van der Waals surface area contributed by atoms with Crippen LogP contribution in [0.1, 0.15) is 11.1 Å². The Morgan fingerprint density at radius 3 is 2.47 bits per heavy atom. The van der Waals surface area contributed by atoms with E-state index >= 15 is 0 Å². The summed E-state index contributed by atoms with van der Waals surface area (Å²) >= 11 is 0. The third-order valence-electron chi connectivity index (χ3n) is 2.60. The molecular formula is C14H16N3+. The summed E-state index contributed by atoms with van der Waals surface area (Å²) in [5.41, 5.74) is 4.04. The molecule has 0 aromatic heterocycles. The maximum atomic E-state index is 5.93. The number of benzene rings is 2. The Morgan fingerprint density at radius 1 is 1.00 bits per heavy atom. The van der Waals surface area contributed by atoms with Crippen LogP contribution in [0, 0.1) is 13.8 Å². The van der Waals surface area contributed by atoms with Crippen LogP contribution in [0.25, 0.3) is 0 Å². The predicted molar refractivity (Wildman–Crippen MR) is 68.6 cm³/mol. The fourth-order valence-corrected chi connectivity index (χ4v) is 1.62. The normalized spacial score (nSPS) is 11.5. The van der Waals surface area contributed by atoms with Crippen molar-refractivity contribution in [1.82, 2.24) is 0 Å². The van der Waals surface area contributed by atoms with Crippen molar-refractivity contribution in [2.45, 2.75) is 13.8 Å². The minimum absolute atomic E-state index is 0.883. The number of rotatable bonds is 2. The lowest BCUT2D eigenvalue weighted by atomic mass is 10.2. The average Bonchev–Trinajstić information content (AvgIpc) is 2.32. The molecule has 2 aromatic rings. The van der Waals surface area contributed by atoms with Crippen molar-refractivity contribution in [1.29, 1.82) is 0 Å². The third kappa shape index (κ3) is 2.69. The first-order valence-electron chi connectivity index (χ1n) is 5.55. The molecule has 2 aromatic carbocycles. The fourth-order valence-electron chi connectivity index (χ4n) is 1.62. The van der Waals surface area contributed by atoms with Gasteiger partial charge < -0.3 is 0 Å². The number of hydrogen-bond acceptors (Lipinski definition) is 1. The largest absolute Gasteiger partial charge is 0.265 e. The number of nitrogens with zero attached hydrogens (tertiary/aromatic N) is 2. The van der Waals surface area contributed by atoms with Crippen LogP contribution in [0.4, 0.5) is 11.4 Å². The maximum absolute atomic E-state index is 5.93. The molecule has 0 radical (unpaired) electrons.